The van der Waals surface area contributed by atoms with Crippen LogP contribution in [0.2, 0.25) is 0 Å². The van der Waals surface area contributed by atoms with Gasteiger partial charge in [-0.25, -0.2) is 4.39 Å². The summed E-state index contributed by atoms with van der Waals surface area (Å²) < 4.78 is 19.4. The SMILES string of the molecule is CN(c1ccc(F)cc1)[C@H]1COC2(CCN(C(=O)c3ccnnc3)CC2)C1. The van der Waals surface area contributed by atoms with Crippen molar-refractivity contribution in [1.82, 2.24) is 15.1 Å². The highest BCUT2D eigenvalue weighted by atomic mass is 19.1. The Bertz CT molecular complexity index is 791. The molecule has 27 heavy (non-hydrogen) atoms. The summed E-state index contributed by atoms with van der Waals surface area (Å²) in [5, 5.41) is 7.50. The third-order valence-corrected chi connectivity index (χ3v) is 5.76. The number of carbonyl (C=O) groups excluding carboxylic acids is 1. The van der Waals surface area contributed by atoms with Crippen LogP contribution in [0.1, 0.15) is 29.6 Å². The predicted molar refractivity (Wildman–Crippen MR) is 99.1 cm³/mol. The van der Waals surface area contributed by atoms with E-state index in [0.717, 1.165) is 24.9 Å². The average Bonchev–Trinajstić information content (AvgIpc) is 3.12. The lowest BCUT2D eigenvalue weighted by Crippen LogP contribution is -2.47. The molecule has 142 valence electrons. The molecule has 2 aliphatic heterocycles. The van der Waals surface area contributed by atoms with Crippen LogP contribution in [-0.4, -0.2) is 59.4 Å². The van der Waals surface area contributed by atoms with E-state index in [2.05, 4.69) is 15.1 Å². The molecule has 0 N–H and O–H groups in total. The van der Waals surface area contributed by atoms with Gasteiger partial charge in [0.2, 0.25) is 0 Å². The van der Waals surface area contributed by atoms with E-state index in [1.165, 1.54) is 24.5 Å². The van der Waals surface area contributed by atoms with Crippen LogP contribution < -0.4 is 4.90 Å². The minimum atomic E-state index is -0.229. The standard InChI is InChI=1S/C20H23FN4O2/c1-24(17-4-2-16(21)3-5-17)18-12-20(27-14-18)7-10-25(11-8-20)19(26)15-6-9-22-23-13-15/h2-6,9,13,18H,7-8,10-12,14H2,1H3/t18-/m1/s1. The van der Waals surface area contributed by atoms with Gasteiger partial charge in [0.15, 0.2) is 0 Å². The van der Waals surface area contributed by atoms with Crippen LogP contribution >= 0.6 is 0 Å². The zero-order valence-electron chi connectivity index (χ0n) is 15.3. The fraction of sp³-hybridized carbons (Fsp3) is 0.450. The number of rotatable bonds is 3. The van der Waals surface area contributed by atoms with Crippen molar-refractivity contribution in [2.75, 3.05) is 31.6 Å². The number of hydrogen-bond donors (Lipinski definition) is 0. The molecular weight excluding hydrogens is 347 g/mol. The van der Waals surface area contributed by atoms with Gasteiger partial charge in [-0.2, -0.15) is 10.2 Å². The van der Waals surface area contributed by atoms with E-state index < -0.39 is 0 Å². The Morgan fingerprint density at radius 3 is 2.63 bits per heavy atom. The number of halogens is 1. The molecule has 0 unspecified atom stereocenters. The van der Waals surface area contributed by atoms with E-state index in [1.807, 2.05) is 11.9 Å². The summed E-state index contributed by atoms with van der Waals surface area (Å²) in [4.78, 5) is 16.6. The normalized spacial score (nSPS) is 21.4. The van der Waals surface area contributed by atoms with E-state index in [0.29, 0.717) is 25.3 Å². The Morgan fingerprint density at radius 1 is 1.22 bits per heavy atom. The summed E-state index contributed by atoms with van der Waals surface area (Å²) in [5.74, 6) is -0.231. The number of likely N-dealkylation sites (tertiary alicyclic amines) is 1. The Kier molecular flexibility index (Phi) is 4.78. The van der Waals surface area contributed by atoms with Gasteiger partial charge in [-0.1, -0.05) is 0 Å². The van der Waals surface area contributed by atoms with Crippen LogP contribution in [0, 0.1) is 5.82 Å². The molecule has 1 amide bonds. The highest BCUT2D eigenvalue weighted by Crippen LogP contribution is 2.38. The molecule has 6 nitrogen and oxygen atoms in total. The molecule has 2 aromatic rings. The number of ether oxygens (including phenoxy) is 1. The lowest BCUT2D eigenvalue weighted by atomic mass is 9.87. The molecule has 4 rings (SSSR count). The predicted octanol–water partition coefficient (Wildman–Crippen LogP) is 2.52. The second-order valence-corrected chi connectivity index (χ2v) is 7.36. The quantitative estimate of drug-likeness (QED) is 0.831. The lowest BCUT2D eigenvalue weighted by Gasteiger charge is -2.39. The van der Waals surface area contributed by atoms with Crippen molar-refractivity contribution in [3.8, 4) is 0 Å². The minimum Gasteiger partial charge on any atom is -0.373 e. The van der Waals surface area contributed by atoms with Crippen LogP contribution in [0.3, 0.4) is 0 Å². The third kappa shape index (κ3) is 3.64. The maximum Gasteiger partial charge on any atom is 0.255 e. The van der Waals surface area contributed by atoms with E-state index >= 15 is 0 Å². The van der Waals surface area contributed by atoms with Gasteiger partial charge in [-0.3, -0.25) is 4.79 Å². The largest absolute Gasteiger partial charge is 0.373 e. The molecule has 0 saturated carbocycles. The van der Waals surface area contributed by atoms with E-state index in [4.69, 9.17) is 4.74 Å². The van der Waals surface area contributed by atoms with Gasteiger partial charge in [0.05, 0.1) is 36.2 Å². The molecular formula is C20H23FN4O2. The van der Waals surface area contributed by atoms with Crippen LogP contribution in [0.5, 0.6) is 0 Å². The first kappa shape index (κ1) is 17.9. The number of nitrogens with zero attached hydrogens (tertiary/aromatic N) is 4. The van der Waals surface area contributed by atoms with Crippen molar-refractivity contribution >= 4 is 11.6 Å². The Hall–Kier alpha value is -2.54. The van der Waals surface area contributed by atoms with Crippen LogP contribution in [0.15, 0.2) is 42.7 Å². The Morgan fingerprint density at radius 2 is 1.96 bits per heavy atom. The van der Waals surface area contributed by atoms with Gasteiger partial charge in [0.1, 0.15) is 5.82 Å². The number of aromatic nitrogens is 2. The second-order valence-electron chi connectivity index (χ2n) is 7.36. The van der Waals surface area contributed by atoms with E-state index in [9.17, 15) is 9.18 Å². The molecule has 1 aromatic carbocycles. The topological polar surface area (TPSA) is 58.6 Å². The molecule has 0 aliphatic carbocycles. The molecule has 2 aliphatic rings. The zero-order chi connectivity index (χ0) is 18.9. The number of carbonyl (C=O) groups is 1. The van der Waals surface area contributed by atoms with Crippen molar-refractivity contribution in [3.05, 3.63) is 54.1 Å². The first-order valence-electron chi connectivity index (χ1n) is 9.25. The van der Waals surface area contributed by atoms with E-state index in [1.54, 1.807) is 18.2 Å². The van der Waals surface area contributed by atoms with Crippen molar-refractivity contribution < 1.29 is 13.9 Å². The fourth-order valence-corrected chi connectivity index (χ4v) is 4.02. The molecule has 3 heterocycles. The summed E-state index contributed by atoms with van der Waals surface area (Å²) in [7, 11) is 2.02. The summed E-state index contributed by atoms with van der Waals surface area (Å²) in [6.07, 6.45) is 5.61. The maximum atomic E-state index is 13.2. The maximum absolute atomic E-state index is 13.2. The minimum absolute atomic E-state index is 0.00210. The average molecular weight is 370 g/mol. The van der Waals surface area contributed by atoms with Gasteiger partial charge < -0.3 is 14.5 Å². The number of amides is 1. The first-order chi connectivity index (χ1) is 13.1. The summed E-state index contributed by atoms with van der Waals surface area (Å²) in [6, 6.07) is 8.50. The van der Waals surface area contributed by atoms with Gasteiger partial charge in [0, 0.05) is 25.8 Å². The summed E-state index contributed by atoms with van der Waals surface area (Å²) in [5.41, 5.74) is 1.38. The Labute approximate surface area is 157 Å². The monoisotopic (exact) mass is 370 g/mol. The smallest absolute Gasteiger partial charge is 0.255 e. The zero-order valence-corrected chi connectivity index (χ0v) is 15.3. The van der Waals surface area contributed by atoms with Gasteiger partial charge >= 0.3 is 0 Å². The highest BCUT2D eigenvalue weighted by Gasteiger charge is 2.44. The molecule has 0 radical (unpaired) electrons. The van der Waals surface area contributed by atoms with Gasteiger partial charge in [-0.05, 0) is 49.6 Å². The molecule has 1 atom stereocenters. The molecule has 1 spiro atoms. The van der Waals surface area contributed by atoms with Crippen molar-refractivity contribution in [3.63, 3.8) is 0 Å². The molecule has 1 aromatic heterocycles. The number of piperidine rings is 1. The lowest BCUT2D eigenvalue weighted by molar-refractivity contribution is -0.0388. The Balaban J connectivity index is 1.36. The third-order valence-electron chi connectivity index (χ3n) is 5.76. The van der Waals surface area contributed by atoms with Crippen LogP contribution in [0.4, 0.5) is 10.1 Å². The van der Waals surface area contributed by atoms with Crippen molar-refractivity contribution in [2.45, 2.75) is 30.9 Å². The number of benzene rings is 1. The number of anilines is 1. The summed E-state index contributed by atoms with van der Waals surface area (Å²) in [6.45, 7) is 2.00. The van der Waals surface area contributed by atoms with Crippen molar-refractivity contribution in [2.24, 2.45) is 0 Å². The second kappa shape index (κ2) is 7.23. The van der Waals surface area contributed by atoms with Crippen molar-refractivity contribution in [1.29, 1.82) is 0 Å². The van der Waals surface area contributed by atoms with Crippen LogP contribution in [-0.2, 0) is 4.74 Å². The molecule has 0 bridgehead atoms. The van der Waals surface area contributed by atoms with Gasteiger partial charge in [-0.15, -0.1) is 0 Å². The molecule has 7 heteroatoms. The number of hydrogen-bond acceptors (Lipinski definition) is 5. The summed E-state index contributed by atoms with van der Waals surface area (Å²) >= 11 is 0. The van der Waals surface area contributed by atoms with Gasteiger partial charge in [0.25, 0.3) is 5.91 Å². The fourth-order valence-electron chi connectivity index (χ4n) is 4.02. The molecule has 2 saturated heterocycles. The first-order valence-corrected chi connectivity index (χ1v) is 9.25. The number of likely N-dealkylation sites (N-methyl/N-ethyl adjacent to an activating group) is 1. The van der Waals surface area contributed by atoms with E-state index in [-0.39, 0.29) is 23.4 Å². The highest BCUT2D eigenvalue weighted by molar-refractivity contribution is 5.93. The molecule has 2 fully saturated rings. The van der Waals surface area contributed by atoms with Crippen LogP contribution in [0.25, 0.3) is 0 Å².